The van der Waals surface area contributed by atoms with Crippen LogP contribution in [0.15, 0.2) is 34.3 Å². The molecule has 28 heavy (non-hydrogen) atoms. The molecule has 0 fully saturated rings. The zero-order valence-corrected chi connectivity index (χ0v) is 16.9. The molecular weight excluding hydrogens is 364 g/mol. The summed E-state index contributed by atoms with van der Waals surface area (Å²) in [4.78, 5) is 35.8. The predicted molar refractivity (Wildman–Crippen MR) is 98.6 cm³/mol. The average molecular weight is 390 g/mol. The Hall–Kier alpha value is -2.57. The number of rotatable bonds is 4. The van der Waals surface area contributed by atoms with Gasteiger partial charge >= 0.3 is 17.9 Å². The summed E-state index contributed by atoms with van der Waals surface area (Å²) in [5.41, 5.74) is 1.34. The topological polar surface area (TPSA) is 88.1 Å². The summed E-state index contributed by atoms with van der Waals surface area (Å²) in [5.74, 6) is -0.224. The van der Waals surface area contributed by atoms with E-state index in [-0.39, 0.29) is 5.97 Å². The van der Waals surface area contributed by atoms with Gasteiger partial charge in [-0.1, -0.05) is 5.57 Å². The molecule has 0 N–H and O–H groups in total. The highest BCUT2D eigenvalue weighted by Gasteiger charge is 2.52. The van der Waals surface area contributed by atoms with E-state index in [9.17, 15) is 14.4 Å². The zero-order valence-electron chi connectivity index (χ0n) is 16.9. The lowest BCUT2D eigenvalue weighted by Crippen LogP contribution is -2.48. The van der Waals surface area contributed by atoms with Crippen molar-refractivity contribution in [1.82, 2.24) is 0 Å². The summed E-state index contributed by atoms with van der Waals surface area (Å²) < 4.78 is 22.8. The van der Waals surface area contributed by atoms with Crippen LogP contribution < -0.4 is 0 Å². The van der Waals surface area contributed by atoms with E-state index < -0.39 is 29.7 Å². The van der Waals surface area contributed by atoms with Gasteiger partial charge in [0, 0.05) is 25.8 Å². The molecule has 0 spiro atoms. The fourth-order valence-electron chi connectivity index (χ4n) is 3.78. The third kappa shape index (κ3) is 3.98. The second-order valence-corrected chi connectivity index (χ2v) is 8.06. The van der Waals surface area contributed by atoms with Gasteiger partial charge in [0.05, 0.1) is 5.57 Å². The number of carbonyl (C=O) groups is 3. The van der Waals surface area contributed by atoms with Crippen LogP contribution >= 0.6 is 0 Å². The van der Waals surface area contributed by atoms with Crippen molar-refractivity contribution in [3.63, 3.8) is 0 Å². The minimum atomic E-state index is -1.08. The molecule has 7 heteroatoms. The summed E-state index contributed by atoms with van der Waals surface area (Å²) in [6, 6.07) is 0. The molecule has 2 aliphatic heterocycles. The molecule has 152 valence electrons. The second-order valence-electron chi connectivity index (χ2n) is 8.06. The molecular formula is C21H26O7. The lowest BCUT2D eigenvalue weighted by molar-refractivity contribution is -0.174. The maximum Gasteiger partial charge on any atom is 0.331 e. The molecule has 0 aromatic rings. The Bertz CT molecular complexity index is 809. The van der Waals surface area contributed by atoms with Gasteiger partial charge < -0.3 is 18.9 Å². The summed E-state index contributed by atoms with van der Waals surface area (Å²) >= 11 is 0. The molecule has 0 radical (unpaired) electrons. The molecule has 0 unspecified atom stereocenters. The minimum Gasteiger partial charge on any atom is -0.486 e. The summed E-state index contributed by atoms with van der Waals surface area (Å²) in [6.07, 6.45) is 2.14. The van der Waals surface area contributed by atoms with E-state index >= 15 is 0 Å². The molecule has 0 saturated heterocycles. The van der Waals surface area contributed by atoms with E-state index in [1.165, 1.54) is 13.0 Å². The number of ether oxygens (including phenoxy) is 4. The third-order valence-electron chi connectivity index (χ3n) is 4.94. The Labute approximate surface area is 164 Å². The molecule has 0 saturated carbocycles. The van der Waals surface area contributed by atoms with E-state index in [4.69, 9.17) is 18.9 Å². The Kier molecular flexibility index (Phi) is 5.37. The molecule has 2 atom stereocenters. The molecule has 3 rings (SSSR count). The normalized spacial score (nSPS) is 24.0. The Morgan fingerprint density at radius 2 is 1.79 bits per heavy atom. The van der Waals surface area contributed by atoms with Crippen LogP contribution in [0.25, 0.3) is 0 Å². The van der Waals surface area contributed by atoms with Crippen LogP contribution in [0.4, 0.5) is 0 Å². The first-order valence-electron chi connectivity index (χ1n) is 9.46. The highest BCUT2D eigenvalue weighted by atomic mass is 16.6. The number of hydrogen-bond acceptors (Lipinski definition) is 7. The first-order valence-corrected chi connectivity index (χ1v) is 9.46. The van der Waals surface area contributed by atoms with Crippen LogP contribution in [-0.4, -0.2) is 35.7 Å². The Morgan fingerprint density at radius 1 is 1.11 bits per heavy atom. The number of carbonyl (C=O) groups excluding carboxylic acids is 3. The van der Waals surface area contributed by atoms with Crippen LogP contribution in [0.5, 0.6) is 0 Å². The van der Waals surface area contributed by atoms with Gasteiger partial charge in [-0.2, -0.15) is 0 Å². The van der Waals surface area contributed by atoms with E-state index in [1.807, 2.05) is 0 Å². The van der Waals surface area contributed by atoms with Crippen molar-refractivity contribution in [1.29, 1.82) is 0 Å². The van der Waals surface area contributed by atoms with Gasteiger partial charge in [0.2, 0.25) is 0 Å². The van der Waals surface area contributed by atoms with Crippen molar-refractivity contribution in [2.24, 2.45) is 0 Å². The van der Waals surface area contributed by atoms with Gasteiger partial charge in [0.25, 0.3) is 0 Å². The molecule has 0 aromatic heterocycles. The maximum absolute atomic E-state index is 12.2. The first kappa shape index (κ1) is 20.2. The second kappa shape index (κ2) is 7.45. The third-order valence-corrected chi connectivity index (χ3v) is 4.94. The Balaban J connectivity index is 1.93. The van der Waals surface area contributed by atoms with Crippen molar-refractivity contribution in [2.45, 2.75) is 78.1 Å². The van der Waals surface area contributed by atoms with E-state index in [2.05, 4.69) is 0 Å². The van der Waals surface area contributed by atoms with Gasteiger partial charge in [-0.15, -0.1) is 0 Å². The predicted octanol–water partition coefficient (Wildman–Crippen LogP) is 3.24. The van der Waals surface area contributed by atoms with Gasteiger partial charge in [0.15, 0.2) is 12.2 Å². The van der Waals surface area contributed by atoms with Crippen LogP contribution in [0.2, 0.25) is 0 Å². The fourth-order valence-corrected chi connectivity index (χ4v) is 3.78. The van der Waals surface area contributed by atoms with Gasteiger partial charge in [0.1, 0.15) is 17.1 Å². The van der Waals surface area contributed by atoms with E-state index in [0.717, 1.165) is 17.6 Å². The van der Waals surface area contributed by atoms with Crippen LogP contribution in [0.3, 0.4) is 0 Å². The zero-order chi connectivity index (χ0) is 20.6. The van der Waals surface area contributed by atoms with E-state index in [0.29, 0.717) is 36.4 Å². The summed E-state index contributed by atoms with van der Waals surface area (Å²) in [6.45, 7) is 8.33. The van der Waals surface area contributed by atoms with Crippen LogP contribution in [0, 0.1) is 0 Å². The van der Waals surface area contributed by atoms with Crippen molar-refractivity contribution in [3.8, 4) is 0 Å². The summed E-state index contributed by atoms with van der Waals surface area (Å²) in [7, 11) is 0. The maximum atomic E-state index is 12.2. The van der Waals surface area contributed by atoms with Crippen LogP contribution in [0.1, 0.15) is 60.3 Å². The molecule has 7 nitrogen and oxygen atoms in total. The first-order chi connectivity index (χ1) is 13.1. The molecule has 0 aromatic carbocycles. The fraction of sp³-hybridized carbons (Fsp3) is 0.571. The van der Waals surface area contributed by atoms with Crippen molar-refractivity contribution in [2.75, 3.05) is 0 Å². The number of esters is 3. The smallest absolute Gasteiger partial charge is 0.331 e. The van der Waals surface area contributed by atoms with Crippen molar-refractivity contribution < 1.29 is 33.3 Å². The molecule has 0 amide bonds. The lowest BCUT2D eigenvalue weighted by atomic mass is 9.86. The van der Waals surface area contributed by atoms with Gasteiger partial charge in [-0.05, 0) is 46.1 Å². The molecule has 1 aliphatic carbocycles. The molecule has 0 bridgehead atoms. The average Bonchev–Trinajstić information content (AvgIpc) is 2.92. The number of fused-ring (bicyclic) bond motifs is 1. The number of hydrogen-bond donors (Lipinski definition) is 0. The van der Waals surface area contributed by atoms with Crippen LogP contribution in [-0.2, 0) is 33.3 Å². The molecule has 3 aliphatic rings. The standard InChI is InChI=1S/C21H26O7/c1-11(2)10-16(24)28-21(4,5)20-19(25-12(3)22)17-14(26-20)8-6-13-7-9-15(23)27-18(13)17/h10,19-20H,6-9H2,1-5H3/t19-,20+/m1/s1. The monoisotopic (exact) mass is 390 g/mol. The van der Waals surface area contributed by atoms with Gasteiger partial charge in [-0.3, -0.25) is 9.59 Å². The Morgan fingerprint density at radius 3 is 2.43 bits per heavy atom. The highest BCUT2D eigenvalue weighted by molar-refractivity contribution is 5.83. The molecule has 2 heterocycles. The largest absolute Gasteiger partial charge is 0.486 e. The SMILES string of the molecule is CC(=O)O[C@@H]1C2=C(CCC3=C2OC(=O)CC3)O[C@@H]1C(C)(C)OC(=O)C=C(C)C. The quantitative estimate of drug-likeness (QED) is 0.414. The van der Waals surface area contributed by atoms with Gasteiger partial charge in [-0.25, -0.2) is 4.79 Å². The van der Waals surface area contributed by atoms with Crippen molar-refractivity contribution in [3.05, 3.63) is 34.3 Å². The lowest BCUT2D eigenvalue weighted by Gasteiger charge is -2.34. The minimum absolute atomic E-state index is 0.313. The number of allylic oxidation sites excluding steroid dienone is 3. The van der Waals surface area contributed by atoms with E-state index in [1.54, 1.807) is 27.7 Å². The highest BCUT2D eigenvalue weighted by Crippen LogP contribution is 2.47. The van der Waals surface area contributed by atoms with Crippen molar-refractivity contribution >= 4 is 17.9 Å². The summed E-state index contributed by atoms with van der Waals surface area (Å²) in [5, 5.41) is 0.